The summed E-state index contributed by atoms with van der Waals surface area (Å²) in [5.74, 6) is -1.15. The summed E-state index contributed by atoms with van der Waals surface area (Å²) in [6.07, 6.45) is 0.561. The first-order chi connectivity index (χ1) is 9.58. The number of carbonyl (C=O) groups excluding carboxylic acids is 1. The number of halogens is 1. The molecule has 1 heterocycles. The summed E-state index contributed by atoms with van der Waals surface area (Å²) >= 11 is 5.81. The molecule has 2 rings (SSSR count). The van der Waals surface area contributed by atoms with Crippen LogP contribution in [0.3, 0.4) is 0 Å². The molecule has 0 fully saturated rings. The largest absolute Gasteiger partial charge is 0.478 e. The molecule has 0 saturated heterocycles. The minimum Gasteiger partial charge on any atom is -0.478 e. The van der Waals surface area contributed by atoms with Crippen LogP contribution in [-0.4, -0.2) is 39.5 Å². The second-order valence-electron chi connectivity index (χ2n) is 3.85. The zero-order valence-electron chi connectivity index (χ0n) is 10.4. The predicted molar refractivity (Wildman–Crippen MR) is 69.4 cm³/mol. The maximum Gasteiger partial charge on any atom is 0.337 e. The Hall–Kier alpha value is -2.25. The zero-order valence-corrected chi connectivity index (χ0v) is 11.2. The second kappa shape index (κ2) is 5.81. The summed E-state index contributed by atoms with van der Waals surface area (Å²) in [4.78, 5) is 22.0. The molecule has 0 radical (unpaired) electrons. The summed E-state index contributed by atoms with van der Waals surface area (Å²) in [6.45, 7) is 0.117. The molecule has 0 amide bonds. The van der Waals surface area contributed by atoms with Gasteiger partial charge in [0.15, 0.2) is 12.0 Å². The number of aldehydes is 1. The molecular formula is C12H10ClN3O4. The van der Waals surface area contributed by atoms with Crippen molar-refractivity contribution < 1.29 is 19.4 Å². The van der Waals surface area contributed by atoms with E-state index in [1.165, 1.54) is 23.9 Å². The Morgan fingerprint density at radius 3 is 2.90 bits per heavy atom. The van der Waals surface area contributed by atoms with Gasteiger partial charge in [-0.15, -0.1) is 5.10 Å². The number of methoxy groups -OCH3 is 1. The van der Waals surface area contributed by atoms with Gasteiger partial charge in [0.25, 0.3) is 0 Å². The van der Waals surface area contributed by atoms with Crippen LogP contribution in [0.5, 0.6) is 0 Å². The van der Waals surface area contributed by atoms with E-state index in [0.717, 1.165) is 0 Å². The highest BCUT2D eigenvalue weighted by Crippen LogP contribution is 2.21. The summed E-state index contributed by atoms with van der Waals surface area (Å²) < 4.78 is 6.33. The lowest BCUT2D eigenvalue weighted by Crippen LogP contribution is -2.07. The molecule has 0 aliphatic heterocycles. The first kappa shape index (κ1) is 14.2. The number of hydrogen-bond acceptors (Lipinski definition) is 5. The monoisotopic (exact) mass is 295 g/mol. The van der Waals surface area contributed by atoms with Crippen molar-refractivity contribution in [3.63, 3.8) is 0 Å². The van der Waals surface area contributed by atoms with Crippen LogP contribution >= 0.6 is 11.6 Å². The number of nitrogens with zero attached hydrogens (tertiary/aromatic N) is 3. The molecule has 0 bridgehead atoms. The number of aromatic carboxylic acids is 1. The molecule has 2 aromatic rings. The highest BCUT2D eigenvalue weighted by molar-refractivity contribution is 6.33. The van der Waals surface area contributed by atoms with E-state index in [1.807, 2.05) is 0 Å². The van der Waals surface area contributed by atoms with E-state index in [1.54, 1.807) is 6.07 Å². The van der Waals surface area contributed by atoms with E-state index in [-0.39, 0.29) is 22.9 Å². The topological polar surface area (TPSA) is 94.3 Å². The van der Waals surface area contributed by atoms with Crippen LogP contribution in [0.25, 0.3) is 5.69 Å². The summed E-state index contributed by atoms with van der Waals surface area (Å²) in [5, 5.41) is 16.7. The first-order valence-corrected chi connectivity index (χ1v) is 5.88. The highest BCUT2D eigenvalue weighted by Gasteiger charge is 2.16. The Balaban J connectivity index is 2.56. The maximum absolute atomic E-state index is 11.1. The Labute approximate surface area is 118 Å². The summed E-state index contributed by atoms with van der Waals surface area (Å²) in [5.41, 5.74) is 0.940. The van der Waals surface area contributed by atoms with Gasteiger partial charge in [0, 0.05) is 7.11 Å². The molecule has 1 aromatic carbocycles. The van der Waals surface area contributed by atoms with Gasteiger partial charge in [0.05, 0.1) is 22.9 Å². The Morgan fingerprint density at radius 2 is 2.30 bits per heavy atom. The molecule has 8 heteroatoms. The first-order valence-electron chi connectivity index (χ1n) is 5.50. The Bertz CT molecular complexity index is 669. The molecule has 0 spiro atoms. The number of aromatic nitrogens is 3. The lowest BCUT2D eigenvalue weighted by atomic mass is 10.2. The molecule has 104 valence electrons. The van der Waals surface area contributed by atoms with Crippen LogP contribution in [0.2, 0.25) is 5.02 Å². The van der Waals surface area contributed by atoms with Crippen molar-refractivity contribution in [3.8, 4) is 5.69 Å². The van der Waals surface area contributed by atoms with Crippen molar-refractivity contribution in [2.24, 2.45) is 0 Å². The van der Waals surface area contributed by atoms with E-state index < -0.39 is 5.97 Å². The van der Waals surface area contributed by atoms with Crippen molar-refractivity contribution in [1.29, 1.82) is 0 Å². The fourth-order valence-corrected chi connectivity index (χ4v) is 1.89. The Kier molecular flexibility index (Phi) is 4.11. The molecule has 1 aromatic heterocycles. The number of carbonyl (C=O) groups is 2. The summed E-state index contributed by atoms with van der Waals surface area (Å²) in [7, 11) is 1.47. The van der Waals surface area contributed by atoms with Gasteiger partial charge in [-0.2, -0.15) is 0 Å². The SMILES string of the molecule is COCc1c(C=O)nnn1-c1ccc(Cl)c(C(=O)O)c1. The van der Waals surface area contributed by atoms with Crippen molar-refractivity contribution >= 4 is 23.9 Å². The lowest BCUT2D eigenvalue weighted by molar-refractivity contribution is 0.0697. The number of rotatable bonds is 5. The predicted octanol–water partition coefficient (Wildman–Crippen LogP) is 1.58. The fraction of sp³-hybridized carbons (Fsp3) is 0.167. The van der Waals surface area contributed by atoms with E-state index >= 15 is 0 Å². The molecule has 0 saturated carbocycles. The molecule has 20 heavy (non-hydrogen) atoms. The van der Waals surface area contributed by atoms with Crippen LogP contribution in [0.4, 0.5) is 0 Å². The van der Waals surface area contributed by atoms with Crippen LogP contribution in [0.1, 0.15) is 26.5 Å². The molecule has 0 atom stereocenters. The molecular weight excluding hydrogens is 286 g/mol. The number of benzene rings is 1. The average molecular weight is 296 g/mol. The van der Waals surface area contributed by atoms with Gasteiger partial charge in [-0.1, -0.05) is 16.8 Å². The second-order valence-corrected chi connectivity index (χ2v) is 4.26. The van der Waals surface area contributed by atoms with E-state index in [4.69, 9.17) is 21.4 Å². The van der Waals surface area contributed by atoms with Crippen LogP contribution in [-0.2, 0) is 11.3 Å². The third-order valence-electron chi connectivity index (χ3n) is 2.61. The standard InChI is InChI=1S/C12H10ClN3O4/c1-20-6-11-10(5-17)14-15-16(11)7-2-3-9(13)8(4-7)12(18)19/h2-5H,6H2,1H3,(H,18,19). The molecule has 0 unspecified atom stereocenters. The normalized spacial score (nSPS) is 10.5. The maximum atomic E-state index is 11.1. The van der Waals surface area contributed by atoms with Gasteiger partial charge < -0.3 is 9.84 Å². The molecule has 0 aliphatic carbocycles. The van der Waals surface area contributed by atoms with Crippen molar-refractivity contribution in [3.05, 3.63) is 40.2 Å². The molecule has 1 N–H and O–H groups in total. The number of hydrogen-bond donors (Lipinski definition) is 1. The molecule has 7 nitrogen and oxygen atoms in total. The fourth-order valence-electron chi connectivity index (χ4n) is 1.69. The van der Waals surface area contributed by atoms with E-state index in [0.29, 0.717) is 17.7 Å². The number of carboxylic acid groups (broad SMARTS) is 1. The highest BCUT2D eigenvalue weighted by atomic mass is 35.5. The third kappa shape index (κ3) is 2.54. The smallest absolute Gasteiger partial charge is 0.337 e. The molecule has 0 aliphatic rings. The van der Waals surface area contributed by atoms with Gasteiger partial charge in [-0.3, -0.25) is 4.79 Å². The van der Waals surface area contributed by atoms with Gasteiger partial charge in [-0.05, 0) is 18.2 Å². The van der Waals surface area contributed by atoms with Gasteiger partial charge in [0.2, 0.25) is 0 Å². The van der Waals surface area contributed by atoms with E-state index in [9.17, 15) is 9.59 Å². The van der Waals surface area contributed by atoms with Gasteiger partial charge >= 0.3 is 5.97 Å². The van der Waals surface area contributed by atoms with Crippen molar-refractivity contribution in [1.82, 2.24) is 15.0 Å². The van der Waals surface area contributed by atoms with Gasteiger partial charge in [-0.25, -0.2) is 9.48 Å². The Morgan fingerprint density at radius 1 is 1.55 bits per heavy atom. The summed E-state index contributed by atoms with van der Waals surface area (Å²) in [6, 6.07) is 4.38. The van der Waals surface area contributed by atoms with E-state index in [2.05, 4.69) is 10.3 Å². The quantitative estimate of drug-likeness (QED) is 0.842. The van der Waals surface area contributed by atoms with Crippen molar-refractivity contribution in [2.75, 3.05) is 7.11 Å². The lowest BCUT2D eigenvalue weighted by Gasteiger charge is -2.07. The minimum absolute atomic E-state index is 0.0595. The minimum atomic E-state index is -1.15. The van der Waals surface area contributed by atoms with Gasteiger partial charge in [0.1, 0.15) is 5.69 Å². The average Bonchev–Trinajstić information content (AvgIpc) is 2.82. The third-order valence-corrected chi connectivity index (χ3v) is 2.94. The number of ether oxygens (including phenoxy) is 1. The van der Waals surface area contributed by atoms with Crippen LogP contribution < -0.4 is 0 Å². The number of carboxylic acids is 1. The van der Waals surface area contributed by atoms with Crippen LogP contribution in [0.15, 0.2) is 18.2 Å². The van der Waals surface area contributed by atoms with Crippen LogP contribution in [0, 0.1) is 0 Å². The zero-order chi connectivity index (χ0) is 14.7. The van der Waals surface area contributed by atoms with Crippen molar-refractivity contribution in [2.45, 2.75) is 6.61 Å².